The molecule has 2 aromatic carbocycles. The molecule has 2 fully saturated rings. The second-order valence-electron chi connectivity index (χ2n) is 8.78. The summed E-state index contributed by atoms with van der Waals surface area (Å²) in [5.41, 5.74) is 1.80. The van der Waals surface area contributed by atoms with Crippen LogP contribution in [0.1, 0.15) is 49.7 Å². The molecule has 2 aromatic rings. The van der Waals surface area contributed by atoms with Gasteiger partial charge in [-0.05, 0) is 41.7 Å². The molecular formula is C27H29NO5S2. The fraction of sp³-hybridized carbons (Fsp3) is 0.370. The number of benzene rings is 2. The molecule has 35 heavy (non-hydrogen) atoms. The minimum absolute atomic E-state index is 0.242. The zero-order valence-corrected chi connectivity index (χ0v) is 21.1. The van der Waals surface area contributed by atoms with E-state index in [2.05, 4.69) is 0 Å². The predicted octanol–water partition coefficient (Wildman–Crippen LogP) is 5.90. The van der Waals surface area contributed by atoms with Gasteiger partial charge in [-0.2, -0.15) is 0 Å². The van der Waals surface area contributed by atoms with Crippen molar-refractivity contribution in [2.45, 2.75) is 45.1 Å². The summed E-state index contributed by atoms with van der Waals surface area (Å²) in [5.74, 6) is 0.500. The summed E-state index contributed by atoms with van der Waals surface area (Å²) in [5, 5.41) is 9.05. The number of rotatable bonds is 10. The van der Waals surface area contributed by atoms with Gasteiger partial charge in [-0.3, -0.25) is 14.5 Å². The number of hydrogen-bond acceptors (Lipinski definition) is 6. The molecule has 1 amide bonds. The van der Waals surface area contributed by atoms with Gasteiger partial charge in [0.25, 0.3) is 5.91 Å². The Morgan fingerprint density at radius 1 is 1.09 bits per heavy atom. The normalized spacial score (nSPS) is 17.7. The zero-order chi connectivity index (χ0) is 24.6. The second kappa shape index (κ2) is 12.2. The van der Waals surface area contributed by atoms with Gasteiger partial charge >= 0.3 is 5.97 Å². The van der Waals surface area contributed by atoms with Gasteiger partial charge in [0.1, 0.15) is 17.5 Å². The summed E-state index contributed by atoms with van der Waals surface area (Å²) in [6, 6.07) is 15.5. The highest BCUT2D eigenvalue weighted by Crippen LogP contribution is 2.35. The molecule has 1 aliphatic carbocycles. The van der Waals surface area contributed by atoms with E-state index in [-0.39, 0.29) is 4.32 Å². The number of carboxylic acid groups (broad SMARTS) is 1. The second-order valence-corrected chi connectivity index (χ2v) is 10.5. The number of aliphatic carboxylic acids is 1. The number of carbonyl (C=O) groups excluding carboxylic acids is 1. The van der Waals surface area contributed by atoms with Crippen molar-refractivity contribution in [3.63, 3.8) is 0 Å². The van der Waals surface area contributed by atoms with E-state index in [9.17, 15) is 9.59 Å². The molecule has 0 atom stereocenters. The molecule has 1 aliphatic heterocycles. The molecule has 0 spiro atoms. The van der Waals surface area contributed by atoms with Gasteiger partial charge < -0.3 is 14.6 Å². The Balaban J connectivity index is 1.49. The van der Waals surface area contributed by atoms with Gasteiger partial charge in [0.15, 0.2) is 11.5 Å². The summed E-state index contributed by atoms with van der Waals surface area (Å²) >= 11 is 6.29. The largest absolute Gasteiger partial charge is 0.490 e. The minimum atomic E-state index is -1.10. The van der Waals surface area contributed by atoms with Crippen molar-refractivity contribution in [2.24, 2.45) is 5.92 Å². The maximum Gasteiger partial charge on any atom is 0.323 e. The Hall–Kier alpha value is -2.84. The maximum atomic E-state index is 12.6. The van der Waals surface area contributed by atoms with Crippen LogP contribution in [0.4, 0.5) is 0 Å². The van der Waals surface area contributed by atoms with Crippen LogP contribution in [0.2, 0.25) is 0 Å². The van der Waals surface area contributed by atoms with Crippen LogP contribution in [0.25, 0.3) is 6.08 Å². The number of carboxylic acids is 1. The first-order valence-electron chi connectivity index (χ1n) is 11.9. The molecular weight excluding hydrogens is 482 g/mol. The van der Waals surface area contributed by atoms with Gasteiger partial charge in [-0.15, -0.1) is 0 Å². The van der Waals surface area contributed by atoms with E-state index >= 15 is 0 Å². The van der Waals surface area contributed by atoms with Crippen LogP contribution in [0.15, 0.2) is 53.4 Å². The van der Waals surface area contributed by atoms with E-state index < -0.39 is 18.4 Å². The Kier molecular flexibility index (Phi) is 8.82. The molecule has 0 radical (unpaired) electrons. The van der Waals surface area contributed by atoms with Crippen LogP contribution in [-0.2, 0) is 16.2 Å². The van der Waals surface area contributed by atoms with Crippen molar-refractivity contribution < 1.29 is 24.2 Å². The van der Waals surface area contributed by atoms with E-state index in [0.29, 0.717) is 29.6 Å². The van der Waals surface area contributed by atoms with Gasteiger partial charge in [0.2, 0.25) is 0 Å². The van der Waals surface area contributed by atoms with Crippen molar-refractivity contribution >= 4 is 46.3 Å². The summed E-state index contributed by atoms with van der Waals surface area (Å²) < 4.78 is 12.5. The molecule has 8 heteroatoms. The Bertz CT molecular complexity index is 1100. The number of thioether (sulfide) groups is 1. The van der Waals surface area contributed by atoms with Crippen molar-refractivity contribution in [3.05, 3.63) is 64.6 Å². The molecule has 2 aliphatic rings. The predicted molar refractivity (Wildman–Crippen MR) is 141 cm³/mol. The van der Waals surface area contributed by atoms with E-state index in [0.717, 1.165) is 40.1 Å². The lowest BCUT2D eigenvalue weighted by molar-refractivity contribution is -0.140. The number of carbonyl (C=O) groups is 2. The highest BCUT2D eigenvalue weighted by Gasteiger charge is 2.33. The minimum Gasteiger partial charge on any atom is -0.490 e. The number of ether oxygens (including phenoxy) is 2. The molecule has 184 valence electrons. The van der Waals surface area contributed by atoms with Crippen molar-refractivity contribution in [2.75, 3.05) is 13.2 Å². The third-order valence-electron chi connectivity index (χ3n) is 6.18. The van der Waals surface area contributed by atoms with E-state index in [1.807, 2.05) is 48.5 Å². The van der Waals surface area contributed by atoms with Crippen molar-refractivity contribution in [3.8, 4) is 11.5 Å². The number of thiocarbonyl (C=S) groups is 1. The molecule has 4 rings (SSSR count). The summed E-state index contributed by atoms with van der Waals surface area (Å²) in [7, 11) is 0. The highest BCUT2D eigenvalue weighted by molar-refractivity contribution is 8.26. The third kappa shape index (κ3) is 7.08. The Labute approximate surface area is 215 Å². The average molecular weight is 512 g/mol. The van der Waals surface area contributed by atoms with Gasteiger partial charge in [-0.1, -0.05) is 92.5 Å². The third-order valence-corrected chi connectivity index (χ3v) is 7.56. The fourth-order valence-corrected chi connectivity index (χ4v) is 5.57. The van der Waals surface area contributed by atoms with Crippen LogP contribution in [0.3, 0.4) is 0 Å². The number of hydrogen-bond donors (Lipinski definition) is 1. The van der Waals surface area contributed by atoms with E-state index in [1.54, 1.807) is 6.08 Å². The van der Waals surface area contributed by atoms with Crippen LogP contribution in [-0.4, -0.2) is 39.4 Å². The van der Waals surface area contributed by atoms with E-state index in [4.69, 9.17) is 26.8 Å². The lowest BCUT2D eigenvalue weighted by atomic mass is 9.87. The number of nitrogens with zero attached hydrogens (tertiary/aromatic N) is 1. The van der Waals surface area contributed by atoms with Crippen molar-refractivity contribution in [1.82, 2.24) is 4.90 Å². The van der Waals surface area contributed by atoms with E-state index in [1.165, 1.54) is 32.1 Å². The topological polar surface area (TPSA) is 76.1 Å². The highest BCUT2D eigenvalue weighted by atomic mass is 32.2. The molecule has 1 heterocycles. The van der Waals surface area contributed by atoms with Crippen molar-refractivity contribution in [1.29, 1.82) is 0 Å². The molecule has 6 nitrogen and oxygen atoms in total. The van der Waals surface area contributed by atoms with Crippen LogP contribution >= 0.6 is 24.0 Å². The van der Waals surface area contributed by atoms with Gasteiger partial charge in [-0.25, -0.2) is 0 Å². The maximum absolute atomic E-state index is 12.6. The Morgan fingerprint density at radius 2 is 1.86 bits per heavy atom. The SMILES string of the molecule is O=C(O)CN1C(=O)C(=Cc2ccc(OCCC3CCCCC3)c(OCc3ccccc3)c2)SC1=S. The lowest BCUT2D eigenvalue weighted by Crippen LogP contribution is -2.33. The van der Waals surface area contributed by atoms with Crippen LogP contribution in [0.5, 0.6) is 11.5 Å². The standard InChI is InChI=1S/C27H29NO5S2/c29-25(30)17-28-26(31)24(35-27(28)34)16-21-11-12-22(32-14-13-19-7-3-1-4-8-19)23(15-21)33-18-20-9-5-2-6-10-20/h2,5-6,9-12,15-16,19H,1,3-4,7-8,13-14,17-18H2,(H,29,30). The number of amides is 1. The quantitative estimate of drug-likeness (QED) is 0.314. The molecule has 1 saturated heterocycles. The smallest absolute Gasteiger partial charge is 0.323 e. The van der Waals surface area contributed by atoms with Gasteiger partial charge in [0, 0.05) is 0 Å². The molecule has 1 N–H and O–H groups in total. The zero-order valence-electron chi connectivity index (χ0n) is 19.5. The molecule has 0 unspecified atom stereocenters. The summed E-state index contributed by atoms with van der Waals surface area (Å²) in [6.45, 7) is 0.588. The summed E-state index contributed by atoms with van der Waals surface area (Å²) in [4.78, 5) is 25.2. The fourth-order valence-electron chi connectivity index (χ4n) is 4.32. The molecule has 0 aromatic heterocycles. The first-order chi connectivity index (χ1) is 17.0. The van der Waals surface area contributed by atoms with Crippen LogP contribution in [0, 0.1) is 5.92 Å². The molecule has 0 bridgehead atoms. The monoisotopic (exact) mass is 511 g/mol. The first-order valence-corrected chi connectivity index (χ1v) is 13.1. The van der Waals surface area contributed by atoms with Crippen LogP contribution < -0.4 is 9.47 Å². The molecule has 1 saturated carbocycles. The summed E-state index contributed by atoms with van der Waals surface area (Å²) in [6.07, 6.45) is 9.26. The Morgan fingerprint density at radius 3 is 2.60 bits per heavy atom. The first kappa shape index (κ1) is 25.3. The van der Waals surface area contributed by atoms with Gasteiger partial charge in [0.05, 0.1) is 11.5 Å². The lowest BCUT2D eigenvalue weighted by Gasteiger charge is -2.21. The average Bonchev–Trinajstić information content (AvgIpc) is 3.12.